The van der Waals surface area contributed by atoms with E-state index in [1.54, 1.807) is 34.1 Å². The summed E-state index contributed by atoms with van der Waals surface area (Å²) in [5.41, 5.74) is 6.82. The molecule has 1 fully saturated rings. The number of aliphatic carboxylic acids is 1. The first-order valence-electron chi connectivity index (χ1n) is 7.21. The molecule has 0 atom stereocenters. The standard InChI is InChI=1S/C15H20N4O3/c16-14(17)11-4-6-12(7-5-11)19-10-9-18(15(19)22)8-2-1-3-13(20)21/h4-7H,1-3,8-10H2,(H3,16,17)(H,20,21). The predicted octanol–water partition coefficient (Wildman–Crippen LogP) is 1.47. The van der Waals surface area contributed by atoms with Crippen molar-refractivity contribution in [3.05, 3.63) is 29.8 Å². The van der Waals surface area contributed by atoms with Gasteiger partial charge in [0, 0.05) is 37.3 Å². The molecule has 0 saturated carbocycles. The van der Waals surface area contributed by atoms with Crippen molar-refractivity contribution in [1.82, 2.24) is 4.90 Å². The van der Waals surface area contributed by atoms with Crippen molar-refractivity contribution in [2.45, 2.75) is 19.3 Å². The van der Waals surface area contributed by atoms with Crippen LogP contribution in [0.2, 0.25) is 0 Å². The summed E-state index contributed by atoms with van der Waals surface area (Å²) < 4.78 is 0. The van der Waals surface area contributed by atoms with E-state index in [1.165, 1.54) is 0 Å². The predicted molar refractivity (Wildman–Crippen MR) is 83.3 cm³/mol. The van der Waals surface area contributed by atoms with Crippen LogP contribution in [-0.2, 0) is 4.79 Å². The molecule has 118 valence electrons. The Hall–Kier alpha value is -2.57. The lowest BCUT2D eigenvalue weighted by atomic mass is 10.2. The summed E-state index contributed by atoms with van der Waals surface area (Å²) in [5.74, 6) is -0.806. The molecule has 7 heteroatoms. The molecule has 0 aromatic heterocycles. The van der Waals surface area contributed by atoms with Gasteiger partial charge in [0.25, 0.3) is 0 Å². The van der Waals surface area contributed by atoms with Gasteiger partial charge in [-0.05, 0) is 37.1 Å². The molecule has 2 amide bonds. The minimum Gasteiger partial charge on any atom is -0.481 e. The summed E-state index contributed by atoms with van der Waals surface area (Å²) >= 11 is 0. The van der Waals surface area contributed by atoms with Crippen molar-refractivity contribution in [1.29, 1.82) is 5.41 Å². The lowest BCUT2D eigenvalue weighted by Crippen LogP contribution is -2.32. The number of hydrogen-bond donors (Lipinski definition) is 3. The summed E-state index contributed by atoms with van der Waals surface area (Å²) in [6.45, 7) is 1.83. The maximum absolute atomic E-state index is 12.3. The Balaban J connectivity index is 1.90. The highest BCUT2D eigenvalue weighted by atomic mass is 16.4. The van der Waals surface area contributed by atoms with Crippen molar-refractivity contribution in [3.8, 4) is 0 Å². The second-order valence-corrected chi connectivity index (χ2v) is 5.23. The number of nitrogens with one attached hydrogen (secondary N) is 1. The highest BCUT2D eigenvalue weighted by molar-refractivity contribution is 5.97. The molecular formula is C15H20N4O3. The van der Waals surface area contributed by atoms with Crippen molar-refractivity contribution in [3.63, 3.8) is 0 Å². The van der Waals surface area contributed by atoms with Gasteiger partial charge in [-0.2, -0.15) is 0 Å². The summed E-state index contributed by atoms with van der Waals surface area (Å²) in [6, 6.07) is 6.94. The van der Waals surface area contributed by atoms with Gasteiger partial charge in [-0.3, -0.25) is 15.1 Å². The molecule has 0 bridgehead atoms. The van der Waals surface area contributed by atoms with Gasteiger partial charge in [-0.1, -0.05) is 0 Å². The number of anilines is 1. The van der Waals surface area contributed by atoms with E-state index >= 15 is 0 Å². The Morgan fingerprint density at radius 2 is 1.91 bits per heavy atom. The van der Waals surface area contributed by atoms with Crippen LogP contribution in [0.1, 0.15) is 24.8 Å². The molecule has 0 unspecified atom stereocenters. The number of amides is 2. The SMILES string of the molecule is N=C(N)c1ccc(N2CCN(CCCCC(=O)O)C2=O)cc1. The van der Waals surface area contributed by atoms with E-state index in [9.17, 15) is 9.59 Å². The van der Waals surface area contributed by atoms with Crippen LogP contribution in [-0.4, -0.2) is 47.5 Å². The fourth-order valence-electron chi connectivity index (χ4n) is 2.43. The van der Waals surface area contributed by atoms with Crippen molar-refractivity contribution in [2.24, 2.45) is 5.73 Å². The minimum atomic E-state index is -0.806. The molecule has 0 aliphatic carbocycles. The van der Waals surface area contributed by atoms with Crippen LogP contribution in [0.3, 0.4) is 0 Å². The molecule has 4 N–H and O–H groups in total. The maximum Gasteiger partial charge on any atom is 0.324 e. The third kappa shape index (κ3) is 3.75. The van der Waals surface area contributed by atoms with Crippen LogP contribution in [0, 0.1) is 5.41 Å². The van der Waals surface area contributed by atoms with Crippen molar-refractivity contribution in [2.75, 3.05) is 24.5 Å². The summed E-state index contributed by atoms with van der Waals surface area (Å²) in [5, 5.41) is 16.0. The number of carbonyl (C=O) groups is 2. The second-order valence-electron chi connectivity index (χ2n) is 5.23. The number of carboxylic acid groups (broad SMARTS) is 1. The maximum atomic E-state index is 12.3. The summed E-state index contributed by atoms with van der Waals surface area (Å²) in [6.07, 6.45) is 1.40. The zero-order valence-corrected chi connectivity index (χ0v) is 12.3. The van der Waals surface area contributed by atoms with Crippen molar-refractivity contribution < 1.29 is 14.7 Å². The Morgan fingerprint density at radius 1 is 1.23 bits per heavy atom. The summed E-state index contributed by atoms with van der Waals surface area (Å²) in [4.78, 5) is 26.2. The minimum absolute atomic E-state index is 0.000597. The first kappa shape index (κ1) is 15.8. The molecule has 1 saturated heterocycles. The molecular weight excluding hydrogens is 284 g/mol. The number of nitrogen functional groups attached to an aromatic ring is 1. The average Bonchev–Trinajstić information content (AvgIpc) is 2.85. The van der Waals surface area contributed by atoms with Crippen LogP contribution < -0.4 is 10.6 Å². The van der Waals surface area contributed by atoms with Crippen LogP contribution >= 0.6 is 0 Å². The number of urea groups is 1. The van der Waals surface area contributed by atoms with E-state index in [4.69, 9.17) is 16.2 Å². The van der Waals surface area contributed by atoms with Crippen LogP contribution in [0.5, 0.6) is 0 Å². The number of amidine groups is 1. The van der Waals surface area contributed by atoms with E-state index < -0.39 is 5.97 Å². The lowest BCUT2D eigenvalue weighted by molar-refractivity contribution is -0.137. The van der Waals surface area contributed by atoms with E-state index in [-0.39, 0.29) is 18.3 Å². The van der Waals surface area contributed by atoms with E-state index in [0.29, 0.717) is 38.0 Å². The lowest BCUT2D eigenvalue weighted by Gasteiger charge is -2.18. The number of rotatable bonds is 7. The Kier molecular flexibility index (Phi) is 4.98. The molecule has 1 heterocycles. The Labute approximate surface area is 128 Å². The average molecular weight is 304 g/mol. The molecule has 7 nitrogen and oxygen atoms in total. The molecule has 2 rings (SSSR count). The number of carbonyl (C=O) groups excluding carboxylic acids is 1. The van der Waals surface area contributed by atoms with Gasteiger partial charge >= 0.3 is 12.0 Å². The van der Waals surface area contributed by atoms with E-state index in [1.807, 2.05) is 0 Å². The topological polar surface area (TPSA) is 111 Å². The largest absolute Gasteiger partial charge is 0.481 e. The monoisotopic (exact) mass is 304 g/mol. The van der Waals surface area contributed by atoms with Crippen LogP contribution in [0.25, 0.3) is 0 Å². The van der Waals surface area contributed by atoms with Gasteiger partial charge in [0.15, 0.2) is 0 Å². The molecule has 22 heavy (non-hydrogen) atoms. The van der Waals surface area contributed by atoms with Gasteiger partial charge in [-0.15, -0.1) is 0 Å². The van der Waals surface area contributed by atoms with Crippen molar-refractivity contribution >= 4 is 23.5 Å². The number of hydrogen-bond acceptors (Lipinski definition) is 3. The highest BCUT2D eigenvalue weighted by Gasteiger charge is 2.28. The first-order valence-corrected chi connectivity index (χ1v) is 7.21. The highest BCUT2D eigenvalue weighted by Crippen LogP contribution is 2.21. The molecule has 1 aliphatic rings. The molecule has 0 spiro atoms. The van der Waals surface area contributed by atoms with Crippen LogP contribution in [0.4, 0.5) is 10.5 Å². The quantitative estimate of drug-likeness (QED) is 0.402. The number of unbranched alkanes of at least 4 members (excludes halogenated alkanes) is 1. The Bertz CT molecular complexity index is 571. The van der Waals surface area contributed by atoms with Gasteiger partial charge in [0.05, 0.1) is 0 Å². The number of nitrogens with zero attached hydrogens (tertiary/aromatic N) is 2. The zero-order chi connectivity index (χ0) is 16.1. The van der Waals surface area contributed by atoms with Crippen LogP contribution in [0.15, 0.2) is 24.3 Å². The fourth-order valence-corrected chi connectivity index (χ4v) is 2.43. The summed E-state index contributed by atoms with van der Waals surface area (Å²) in [7, 11) is 0. The molecule has 1 aliphatic heterocycles. The number of carboxylic acids is 1. The van der Waals surface area contributed by atoms with Gasteiger partial charge in [-0.25, -0.2) is 4.79 Å². The second kappa shape index (κ2) is 6.93. The van der Waals surface area contributed by atoms with Gasteiger partial charge in [0.1, 0.15) is 5.84 Å². The number of nitrogens with two attached hydrogens (primary N) is 1. The Morgan fingerprint density at radius 3 is 2.50 bits per heavy atom. The fraction of sp³-hybridized carbons (Fsp3) is 0.400. The first-order chi connectivity index (χ1) is 10.5. The number of benzene rings is 1. The van der Waals surface area contributed by atoms with E-state index in [2.05, 4.69) is 0 Å². The third-order valence-electron chi connectivity index (χ3n) is 3.65. The van der Waals surface area contributed by atoms with E-state index in [0.717, 1.165) is 5.69 Å². The molecule has 1 aromatic rings. The zero-order valence-electron chi connectivity index (χ0n) is 12.3. The van der Waals surface area contributed by atoms with Gasteiger partial charge < -0.3 is 15.7 Å². The molecule has 0 radical (unpaired) electrons. The normalized spacial score (nSPS) is 14.5. The third-order valence-corrected chi connectivity index (χ3v) is 3.65. The molecule has 1 aromatic carbocycles. The smallest absolute Gasteiger partial charge is 0.324 e. The van der Waals surface area contributed by atoms with Gasteiger partial charge in [0.2, 0.25) is 0 Å².